The molecule has 0 atom stereocenters. The molecule has 0 saturated heterocycles. The molecular formula is C14H14N4S. The maximum absolute atomic E-state index is 4.54. The molecule has 3 aromatic rings. The van der Waals surface area contributed by atoms with Gasteiger partial charge in [0.1, 0.15) is 0 Å². The van der Waals surface area contributed by atoms with Gasteiger partial charge in [0.15, 0.2) is 0 Å². The van der Waals surface area contributed by atoms with Crippen LogP contribution in [0.1, 0.15) is 10.6 Å². The molecule has 96 valence electrons. The highest BCUT2D eigenvalue weighted by Crippen LogP contribution is 2.08. The minimum atomic E-state index is 0.762. The van der Waals surface area contributed by atoms with E-state index in [0.717, 1.165) is 24.5 Å². The van der Waals surface area contributed by atoms with Crippen LogP contribution in [0.4, 0.5) is 0 Å². The summed E-state index contributed by atoms with van der Waals surface area (Å²) in [6, 6.07) is 12.2. The van der Waals surface area contributed by atoms with E-state index in [2.05, 4.69) is 15.4 Å². The smallest absolute Gasteiger partial charge is 0.0794 e. The predicted molar refractivity (Wildman–Crippen MR) is 76.2 cm³/mol. The lowest BCUT2D eigenvalue weighted by atomic mass is 10.3. The van der Waals surface area contributed by atoms with Crippen LogP contribution < -0.4 is 5.32 Å². The number of aromatic nitrogens is 3. The van der Waals surface area contributed by atoms with Crippen LogP contribution in [-0.4, -0.2) is 14.8 Å². The summed E-state index contributed by atoms with van der Waals surface area (Å²) in [5.74, 6) is 0. The summed E-state index contributed by atoms with van der Waals surface area (Å²) in [6.45, 7) is 1.60. The summed E-state index contributed by atoms with van der Waals surface area (Å²) >= 11 is 1.66. The molecule has 0 aliphatic heterocycles. The van der Waals surface area contributed by atoms with Crippen LogP contribution in [0.2, 0.25) is 0 Å². The van der Waals surface area contributed by atoms with Gasteiger partial charge in [0.25, 0.3) is 0 Å². The molecule has 4 nitrogen and oxygen atoms in total. The number of nitrogens with zero attached hydrogens (tertiary/aromatic N) is 3. The van der Waals surface area contributed by atoms with Crippen molar-refractivity contribution in [3.05, 3.63) is 64.9 Å². The Morgan fingerprint density at radius 1 is 1.11 bits per heavy atom. The molecule has 0 unspecified atom stereocenters. The topological polar surface area (TPSA) is 42.7 Å². The summed E-state index contributed by atoms with van der Waals surface area (Å²) in [4.78, 5) is 5.29. The Kier molecular flexibility index (Phi) is 3.67. The molecule has 1 aromatic carbocycles. The number of para-hydroxylation sites is 1. The second kappa shape index (κ2) is 5.77. The predicted octanol–water partition coefficient (Wildman–Crippen LogP) is 2.62. The van der Waals surface area contributed by atoms with E-state index in [1.807, 2.05) is 59.0 Å². The van der Waals surface area contributed by atoms with Gasteiger partial charge in [0.2, 0.25) is 0 Å². The van der Waals surface area contributed by atoms with Crippen molar-refractivity contribution in [1.29, 1.82) is 0 Å². The van der Waals surface area contributed by atoms with E-state index in [4.69, 9.17) is 0 Å². The average molecular weight is 270 g/mol. The number of hydrogen-bond acceptors (Lipinski definition) is 4. The minimum Gasteiger partial charge on any atom is -0.306 e. The van der Waals surface area contributed by atoms with E-state index < -0.39 is 0 Å². The average Bonchev–Trinajstić information content (AvgIpc) is 3.11. The van der Waals surface area contributed by atoms with Crippen molar-refractivity contribution in [1.82, 2.24) is 20.1 Å². The molecule has 0 fully saturated rings. The molecule has 0 aliphatic rings. The van der Waals surface area contributed by atoms with E-state index in [1.165, 1.54) is 4.88 Å². The first kappa shape index (κ1) is 12.1. The van der Waals surface area contributed by atoms with Crippen LogP contribution in [0.3, 0.4) is 0 Å². The Hall–Kier alpha value is -1.98. The van der Waals surface area contributed by atoms with Gasteiger partial charge in [0.05, 0.1) is 16.9 Å². The van der Waals surface area contributed by atoms with Gasteiger partial charge in [-0.2, -0.15) is 5.10 Å². The molecule has 5 heteroatoms. The van der Waals surface area contributed by atoms with Crippen molar-refractivity contribution >= 4 is 11.3 Å². The number of nitrogens with one attached hydrogen (secondary N) is 1. The SMILES string of the molecule is c1ccc(-n2ccc(CNCc3cncs3)n2)cc1. The van der Waals surface area contributed by atoms with Gasteiger partial charge in [0, 0.05) is 30.4 Å². The van der Waals surface area contributed by atoms with Gasteiger partial charge >= 0.3 is 0 Å². The van der Waals surface area contributed by atoms with Crippen molar-refractivity contribution in [3.8, 4) is 5.69 Å². The summed E-state index contributed by atoms with van der Waals surface area (Å²) in [5.41, 5.74) is 3.96. The van der Waals surface area contributed by atoms with Crippen LogP contribution in [0.15, 0.2) is 54.3 Å². The molecule has 19 heavy (non-hydrogen) atoms. The van der Waals surface area contributed by atoms with Crippen LogP contribution in [0.25, 0.3) is 5.69 Å². The van der Waals surface area contributed by atoms with E-state index >= 15 is 0 Å². The molecule has 0 bridgehead atoms. The van der Waals surface area contributed by atoms with Crippen molar-refractivity contribution in [2.24, 2.45) is 0 Å². The van der Waals surface area contributed by atoms with Gasteiger partial charge in [-0.3, -0.25) is 4.98 Å². The van der Waals surface area contributed by atoms with Gasteiger partial charge < -0.3 is 5.32 Å². The zero-order valence-corrected chi connectivity index (χ0v) is 11.2. The first-order valence-corrected chi connectivity index (χ1v) is 6.98. The van der Waals surface area contributed by atoms with Gasteiger partial charge in [-0.1, -0.05) is 18.2 Å². The van der Waals surface area contributed by atoms with Crippen molar-refractivity contribution in [2.45, 2.75) is 13.1 Å². The summed E-state index contributed by atoms with van der Waals surface area (Å²) < 4.78 is 1.89. The normalized spacial score (nSPS) is 10.7. The quantitative estimate of drug-likeness (QED) is 0.775. The molecule has 0 amide bonds. The lowest BCUT2D eigenvalue weighted by molar-refractivity contribution is 0.675. The Morgan fingerprint density at radius 3 is 2.79 bits per heavy atom. The fourth-order valence-corrected chi connectivity index (χ4v) is 2.39. The second-order valence-corrected chi connectivity index (χ2v) is 5.13. The molecule has 3 rings (SSSR count). The molecular weight excluding hydrogens is 256 g/mol. The Morgan fingerprint density at radius 2 is 2.00 bits per heavy atom. The molecule has 0 radical (unpaired) electrons. The molecule has 1 N–H and O–H groups in total. The van der Waals surface area contributed by atoms with Gasteiger partial charge in [-0.15, -0.1) is 11.3 Å². The van der Waals surface area contributed by atoms with Crippen molar-refractivity contribution in [3.63, 3.8) is 0 Å². The minimum absolute atomic E-state index is 0.762. The Bertz CT molecular complexity index is 616. The highest BCUT2D eigenvalue weighted by molar-refractivity contribution is 7.09. The largest absolute Gasteiger partial charge is 0.306 e. The lowest BCUT2D eigenvalue weighted by Crippen LogP contribution is -2.12. The monoisotopic (exact) mass is 270 g/mol. The Balaban J connectivity index is 1.59. The maximum atomic E-state index is 4.54. The summed E-state index contributed by atoms with van der Waals surface area (Å²) in [5, 5.41) is 7.90. The standard InChI is InChI=1S/C14H14N4S/c1-2-4-13(5-3-1)18-7-6-12(17-18)8-15-9-14-10-16-11-19-14/h1-7,10-11,15H,8-9H2. The number of benzene rings is 1. The summed E-state index contributed by atoms with van der Waals surface area (Å²) in [7, 11) is 0. The van der Waals surface area contributed by atoms with Crippen LogP contribution >= 0.6 is 11.3 Å². The molecule has 0 spiro atoms. The fourth-order valence-electron chi connectivity index (χ4n) is 1.82. The second-order valence-electron chi connectivity index (χ2n) is 4.16. The van der Waals surface area contributed by atoms with Crippen molar-refractivity contribution in [2.75, 3.05) is 0 Å². The van der Waals surface area contributed by atoms with Crippen molar-refractivity contribution < 1.29 is 0 Å². The summed E-state index contributed by atoms with van der Waals surface area (Å²) in [6.07, 6.45) is 3.87. The number of thiazole rings is 1. The number of hydrogen-bond donors (Lipinski definition) is 1. The highest BCUT2D eigenvalue weighted by Gasteiger charge is 2.01. The first-order chi connectivity index (χ1) is 9.42. The van der Waals surface area contributed by atoms with E-state index in [0.29, 0.717) is 0 Å². The first-order valence-electron chi connectivity index (χ1n) is 6.10. The van der Waals surface area contributed by atoms with E-state index in [9.17, 15) is 0 Å². The third-order valence-electron chi connectivity index (χ3n) is 2.75. The van der Waals surface area contributed by atoms with Crippen LogP contribution in [0, 0.1) is 0 Å². The van der Waals surface area contributed by atoms with E-state index in [1.54, 1.807) is 11.3 Å². The van der Waals surface area contributed by atoms with Gasteiger partial charge in [-0.25, -0.2) is 4.68 Å². The van der Waals surface area contributed by atoms with E-state index in [-0.39, 0.29) is 0 Å². The fraction of sp³-hybridized carbons (Fsp3) is 0.143. The zero-order valence-electron chi connectivity index (χ0n) is 10.4. The molecule has 0 saturated carbocycles. The zero-order chi connectivity index (χ0) is 12.9. The molecule has 2 heterocycles. The third kappa shape index (κ3) is 3.07. The third-order valence-corrected chi connectivity index (χ3v) is 3.53. The maximum Gasteiger partial charge on any atom is 0.0794 e. The van der Waals surface area contributed by atoms with Crippen LogP contribution in [-0.2, 0) is 13.1 Å². The highest BCUT2D eigenvalue weighted by atomic mass is 32.1. The Labute approximate surface area is 115 Å². The number of rotatable bonds is 5. The molecule has 0 aliphatic carbocycles. The van der Waals surface area contributed by atoms with Crippen LogP contribution in [0.5, 0.6) is 0 Å². The van der Waals surface area contributed by atoms with Gasteiger partial charge in [-0.05, 0) is 18.2 Å². The lowest BCUT2D eigenvalue weighted by Gasteiger charge is -2.01. The molecule has 2 aromatic heterocycles.